The summed E-state index contributed by atoms with van der Waals surface area (Å²) < 4.78 is 0. The van der Waals surface area contributed by atoms with Crippen LogP contribution in [-0.2, 0) is 0 Å². The van der Waals surface area contributed by atoms with Gasteiger partial charge in [-0.1, -0.05) is 22.9 Å². The monoisotopic (exact) mass is 285 g/mol. The summed E-state index contributed by atoms with van der Waals surface area (Å²) in [7, 11) is 0. The van der Waals surface area contributed by atoms with Crippen LogP contribution < -0.4 is 4.90 Å². The van der Waals surface area contributed by atoms with Gasteiger partial charge in [0, 0.05) is 32.7 Å². The van der Waals surface area contributed by atoms with E-state index in [1.54, 1.807) is 0 Å². The highest BCUT2D eigenvalue weighted by Crippen LogP contribution is 2.31. The molecule has 1 aliphatic heterocycles. The minimum Gasteiger partial charge on any atom is -0.345 e. The van der Waals surface area contributed by atoms with E-state index in [4.69, 9.17) is 11.6 Å². The molecule has 1 aromatic rings. The molecule has 18 heavy (non-hydrogen) atoms. The minimum atomic E-state index is 0.338. The summed E-state index contributed by atoms with van der Waals surface area (Å²) in [6, 6.07) is 0. The summed E-state index contributed by atoms with van der Waals surface area (Å²) in [5.41, 5.74) is 0. The van der Waals surface area contributed by atoms with Crippen LogP contribution in [0.5, 0.6) is 0 Å². The van der Waals surface area contributed by atoms with Crippen LogP contribution in [0, 0.1) is 5.92 Å². The van der Waals surface area contributed by atoms with E-state index in [0.717, 1.165) is 43.5 Å². The van der Waals surface area contributed by atoms with Gasteiger partial charge in [-0.05, 0) is 18.8 Å². The molecule has 0 bridgehead atoms. The van der Waals surface area contributed by atoms with Crippen molar-refractivity contribution in [3.8, 4) is 0 Å². The molecule has 0 N–H and O–H groups in total. The van der Waals surface area contributed by atoms with Crippen molar-refractivity contribution >= 4 is 34.4 Å². The summed E-state index contributed by atoms with van der Waals surface area (Å²) in [5, 5.41) is 1.22. The maximum atomic E-state index is 10.8. The van der Waals surface area contributed by atoms with Gasteiger partial charge in [-0.25, -0.2) is 4.98 Å². The highest BCUT2D eigenvalue weighted by Gasteiger charge is 2.27. The van der Waals surface area contributed by atoms with Crippen LogP contribution in [0.4, 0.5) is 5.13 Å². The molecule has 3 rings (SSSR count). The Morgan fingerprint density at radius 3 is 2.61 bits per heavy atom. The highest BCUT2D eigenvalue weighted by molar-refractivity contribution is 7.17. The Bertz CT molecular complexity index is 439. The summed E-state index contributed by atoms with van der Waals surface area (Å²) >= 11 is 7.29. The molecule has 0 atom stereocenters. The average Bonchev–Trinajstić information content (AvgIpc) is 3.11. The van der Waals surface area contributed by atoms with Gasteiger partial charge in [0.1, 0.15) is 4.88 Å². The number of rotatable bonds is 4. The molecule has 98 valence electrons. The lowest BCUT2D eigenvalue weighted by Crippen LogP contribution is -2.47. The Labute approximate surface area is 116 Å². The van der Waals surface area contributed by atoms with E-state index in [1.165, 1.54) is 30.7 Å². The molecule has 1 saturated carbocycles. The van der Waals surface area contributed by atoms with Gasteiger partial charge in [0.05, 0.1) is 0 Å². The molecule has 2 aliphatic rings. The van der Waals surface area contributed by atoms with Gasteiger partial charge >= 0.3 is 0 Å². The standard InChI is InChI=1S/C12H16ClN3OS/c13-11-10(8-17)18-12(14-11)16-5-3-15(4-6-16)7-9-1-2-9/h8-9H,1-7H2. The first-order valence-corrected chi connectivity index (χ1v) is 7.54. The molecule has 1 saturated heterocycles. The molecule has 2 heterocycles. The molecule has 1 aliphatic carbocycles. The molecular weight excluding hydrogens is 270 g/mol. The molecule has 0 spiro atoms. The number of hydrogen-bond acceptors (Lipinski definition) is 5. The molecule has 2 fully saturated rings. The Morgan fingerprint density at radius 2 is 2.06 bits per heavy atom. The zero-order chi connectivity index (χ0) is 12.5. The number of halogens is 1. The fourth-order valence-electron chi connectivity index (χ4n) is 2.30. The van der Waals surface area contributed by atoms with E-state index in [1.807, 2.05) is 0 Å². The average molecular weight is 286 g/mol. The number of carbonyl (C=O) groups excluding carboxylic acids is 1. The van der Waals surface area contributed by atoms with Crippen molar-refractivity contribution in [1.82, 2.24) is 9.88 Å². The van der Waals surface area contributed by atoms with Crippen molar-refractivity contribution in [3.63, 3.8) is 0 Å². The number of hydrogen-bond donors (Lipinski definition) is 0. The number of carbonyl (C=O) groups is 1. The lowest BCUT2D eigenvalue weighted by atomic mass is 10.3. The summed E-state index contributed by atoms with van der Waals surface area (Å²) in [5.74, 6) is 0.951. The van der Waals surface area contributed by atoms with Crippen molar-refractivity contribution in [2.24, 2.45) is 5.92 Å². The first-order valence-electron chi connectivity index (χ1n) is 6.35. The Hall–Kier alpha value is -0.650. The maximum Gasteiger partial charge on any atom is 0.187 e. The Morgan fingerprint density at radius 1 is 1.33 bits per heavy atom. The normalized spacial score (nSPS) is 21.3. The molecule has 0 aromatic carbocycles. The molecule has 4 nitrogen and oxygen atoms in total. The summed E-state index contributed by atoms with van der Waals surface area (Å²) in [6.07, 6.45) is 3.60. The van der Waals surface area contributed by atoms with Crippen LogP contribution in [0.1, 0.15) is 22.5 Å². The van der Waals surface area contributed by atoms with Crippen molar-refractivity contribution in [2.75, 3.05) is 37.6 Å². The topological polar surface area (TPSA) is 36.4 Å². The second-order valence-corrected chi connectivity index (χ2v) is 6.37. The predicted molar refractivity (Wildman–Crippen MR) is 73.9 cm³/mol. The molecule has 0 amide bonds. The summed E-state index contributed by atoms with van der Waals surface area (Å²) in [4.78, 5) is 20.3. The first-order chi connectivity index (χ1) is 8.76. The number of aldehydes is 1. The fourth-order valence-corrected chi connectivity index (χ4v) is 3.41. The van der Waals surface area contributed by atoms with E-state index >= 15 is 0 Å². The van der Waals surface area contributed by atoms with E-state index in [2.05, 4.69) is 14.8 Å². The molecule has 1 aromatic heterocycles. The van der Waals surface area contributed by atoms with Crippen LogP contribution in [0.15, 0.2) is 0 Å². The molecule has 0 unspecified atom stereocenters. The lowest BCUT2D eigenvalue weighted by molar-refractivity contribution is 0.112. The van der Waals surface area contributed by atoms with Crippen molar-refractivity contribution < 1.29 is 4.79 Å². The van der Waals surface area contributed by atoms with E-state index in [-0.39, 0.29) is 0 Å². The number of thiazole rings is 1. The lowest BCUT2D eigenvalue weighted by Gasteiger charge is -2.34. The first kappa shape index (κ1) is 12.4. The minimum absolute atomic E-state index is 0.338. The van der Waals surface area contributed by atoms with Gasteiger partial charge in [0.15, 0.2) is 16.6 Å². The third-order valence-electron chi connectivity index (χ3n) is 3.56. The molecular formula is C12H16ClN3OS. The van der Waals surface area contributed by atoms with Crippen molar-refractivity contribution in [2.45, 2.75) is 12.8 Å². The van der Waals surface area contributed by atoms with Crippen LogP contribution in [-0.4, -0.2) is 48.9 Å². The van der Waals surface area contributed by atoms with Gasteiger partial charge in [-0.15, -0.1) is 0 Å². The van der Waals surface area contributed by atoms with Crippen LogP contribution in [0.3, 0.4) is 0 Å². The smallest absolute Gasteiger partial charge is 0.187 e. The molecule has 6 heteroatoms. The van der Waals surface area contributed by atoms with Crippen molar-refractivity contribution in [1.29, 1.82) is 0 Å². The van der Waals surface area contributed by atoms with Gasteiger partial charge in [0.25, 0.3) is 0 Å². The Kier molecular flexibility index (Phi) is 3.54. The van der Waals surface area contributed by atoms with Gasteiger partial charge in [0.2, 0.25) is 0 Å². The predicted octanol–water partition coefficient (Wildman–Crippen LogP) is 2.14. The molecule has 0 radical (unpaired) electrons. The fraction of sp³-hybridized carbons (Fsp3) is 0.667. The Balaban J connectivity index is 1.58. The van der Waals surface area contributed by atoms with Gasteiger partial charge in [-0.2, -0.15) is 0 Å². The van der Waals surface area contributed by atoms with E-state index in [9.17, 15) is 4.79 Å². The second kappa shape index (κ2) is 5.15. The third kappa shape index (κ3) is 2.68. The maximum absolute atomic E-state index is 10.8. The number of anilines is 1. The summed E-state index contributed by atoms with van der Waals surface area (Å²) in [6.45, 7) is 5.39. The number of nitrogens with zero attached hydrogens (tertiary/aromatic N) is 3. The van der Waals surface area contributed by atoms with Crippen LogP contribution in [0.2, 0.25) is 5.15 Å². The zero-order valence-electron chi connectivity index (χ0n) is 10.1. The largest absolute Gasteiger partial charge is 0.345 e. The van der Waals surface area contributed by atoms with Crippen molar-refractivity contribution in [3.05, 3.63) is 10.0 Å². The van der Waals surface area contributed by atoms with Crippen LogP contribution in [0.25, 0.3) is 0 Å². The highest BCUT2D eigenvalue weighted by atomic mass is 35.5. The van der Waals surface area contributed by atoms with Gasteiger partial charge in [-0.3, -0.25) is 9.69 Å². The zero-order valence-corrected chi connectivity index (χ0v) is 11.7. The van der Waals surface area contributed by atoms with Gasteiger partial charge < -0.3 is 4.90 Å². The van der Waals surface area contributed by atoms with E-state index in [0.29, 0.717) is 10.0 Å². The number of aromatic nitrogens is 1. The third-order valence-corrected chi connectivity index (χ3v) is 5.00. The van der Waals surface area contributed by atoms with E-state index < -0.39 is 0 Å². The second-order valence-electron chi connectivity index (χ2n) is 5.00. The number of piperazine rings is 1. The SMILES string of the molecule is O=Cc1sc(N2CCN(CC3CC3)CC2)nc1Cl. The quantitative estimate of drug-likeness (QED) is 0.794. The van der Waals surface area contributed by atoms with Crippen LogP contribution >= 0.6 is 22.9 Å².